The van der Waals surface area contributed by atoms with Crippen molar-refractivity contribution in [3.05, 3.63) is 40.7 Å². The molecule has 0 amide bonds. The van der Waals surface area contributed by atoms with Crippen LogP contribution in [-0.2, 0) is 30.0 Å². The van der Waals surface area contributed by atoms with Gasteiger partial charge in [0.1, 0.15) is 0 Å². The van der Waals surface area contributed by atoms with Crippen LogP contribution in [0.4, 0.5) is 5.69 Å². The molecule has 2 aromatic rings. The summed E-state index contributed by atoms with van der Waals surface area (Å²) in [6.07, 6.45) is 2.27. The monoisotopic (exact) mass is 328 g/mol. The van der Waals surface area contributed by atoms with E-state index in [0.29, 0.717) is 28.4 Å². The van der Waals surface area contributed by atoms with Crippen molar-refractivity contribution in [1.82, 2.24) is 9.78 Å². The van der Waals surface area contributed by atoms with E-state index in [-0.39, 0.29) is 11.4 Å². The molecule has 0 saturated carbocycles. The Kier molecular flexibility index (Phi) is 4.55. The van der Waals surface area contributed by atoms with E-state index in [4.69, 9.17) is 17.3 Å². The van der Waals surface area contributed by atoms with E-state index in [0.717, 1.165) is 0 Å². The number of aryl methyl sites for hydroxylation is 2. The van der Waals surface area contributed by atoms with Gasteiger partial charge in [-0.2, -0.15) is 5.10 Å². The third-order valence-corrected chi connectivity index (χ3v) is 4.76. The Labute approximate surface area is 129 Å². The minimum absolute atomic E-state index is 0.123. The van der Waals surface area contributed by atoms with Gasteiger partial charge in [-0.15, -0.1) is 0 Å². The third-order valence-electron chi connectivity index (χ3n) is 3.03. The van der Waals surface area contributed by atoms with E-state index in [1.807, 2.05) is 6.92 Å². The summed E-state index contributed by atoms with van der Waals surface area (Å²) < 4.78 is 29.0. The van der Waals surface area contributed by atoms with E-state index in [9.17, 15) is 8.42 Å². The van der Waals surface area contributed by atoms with Crippen molar-refractivity contribution in [2.45, 2.75) is 24.8 Å². The first-order chi connectivity index (χ1) is 9.87. The van der Waals surface area contributed by atoms with Gasteiger partial charge in [-0.1, -0.05) is 18.5 Å². The Bertz CT molecular complexity index is 756. The Hall–Kier alpha value is -1.57. The van der Waals surface area contributed by atoms with Crippen molar-refractivity contribution in [2.24, 2.45) is 12.8 Å². The van der Waals surface area contributed by atoms with Crippen molar-refractivity contribution in [3.8, 4) is 0 Å². The normalized spacial score (nSPS) is 11.6. The molecular weight excluding hydrogens is 312 g/mol. The van der Waals surface area contributed by atoms with Crippen molar-refractivity contribution < 1.29 is 8.42 Å². The smallest absolute Gasteiger partial charge is 0.262 e. The van der Waals surface area contributed by atoms with E-state index in [1.54, 1.807) is 17.9 Å². The lowest BCUT2D eigenvalue weighted by Crippen LogP contribution is -2.14. The molecule has 0 atom stereocenters. The van der Waals surface area contributed by atoms with E-state index in [1.165, 1.54) is 18.2 Å². The van der Waals surface area contributed by atoms with Gasteiger partial charge in [-0.05, 0) is 30.2 Å². The van der Waals surface area contributed by atoms with Crippen LogP contribution in [0.5, 0.6) is 0 Å². The summed E-state index contributed by atoms with van der Waals surface area (Å²) in [5.41, 5.74) is 7.30. The van der Waals surface area contributed by atoms with Gasteiger partial charge in [0.25, 0.3) is 10.0 Å². The average Bonchev–Trinajstić information content (AvgIpc) is 2.78. The third kappa shape index (κ3) is 3.37. The predicted octanol–water partition coefficient (Wildman–Crippen LogP) is 1.90. The molecular formula is C13H17ClN4O2S. The fourth-order valence-electron chi connectivity index (χ4n) is 1.96. The molecule has 1 aromatic carbocycles. The van der Waals surface area contributed by atoms with Crippen LogP contribution in [-0.4, -0.2) is 18.2 Å². The highest BCUT2D eigenvalue weighted by molar-refractivity contribution is 7.92. The van der Waals surface area contributed by atoms with Crippen LogP contribution in [0.25, 0.3) is 0 Å². The van der Waals surface area contributed by atoms with Gasteiger partial charge in [0.2, 0.25) is 0 Å². The topological polar surface area (TPSA) is 90.0 Å². The quantitative estimate of drug-likeness (QED) is 0.877. The Morgan fingerprint density at radius 1 is 1.43 bits per heavy atom. The molecule has 3 N–H and O–H groups in total. The van der Waals surface area contributed by atoms with Gasteiger partial charge in [-0.25, -0.2) is 8.42 Å². The number of benzene rings is 1. The fraction of sp³-hybridized carbons (Fsp3) is 0.308. The van der Waals surface area contributed by atoms with Crippen LogP contribution in [0.1, 0.15) is 18.2 Å². The number of hydrogen-bond donors (Lipinski definition) is 2. The summed E-state index contributed by atoms with van der Waals surface area (Å²) in [6, 6.07) is 4.46. The highest BCUT2D eigenvalue weighted by Crippen LogP contribution is 2.23. The first kappa shape index (κ1) is 15.8. The fourth-order valence-corrected chi connectivity index (χ4v) is 3.28. The number of nitrogens with two attached hydrogens (primary N) is 1. The number of sulfonamides is 1. The van der Waals surface area contributed by atoms with E-state index < -0.39 is 10.0 Å². The lowest BCUT2D eigenvalue weighted by molar-refractivity contribution is 0.601. The van der Waals surface area contributed by atoms with Crippen LogP contribution in [0.2, 0.25) is 5.02 Å². The molecule has 114 valence electrons. The average molecular weight is 329 g/mol. The minimum atomic E-state index is -3.70. The molecule has 1 aromatic heterocycles. The van der Waals surface area contributed by atoms with Gasteiger partial charge in [0.15, 0.2) is 0 Å². The maximum absolute atomic E-state index is 12.4. The Morgan fingerprint density at radius 2 is 2.14 bits per heavy atom. The molecule has 0 radical (unpaired) electrons. The second-order valence-corrected chi connectivity index (χ2v) is 6.67. The van der Waals surface area contributed by atoms with Crippen LogP contribution in [0.15, 0.2) is 29.3 Å². The summed E-state index contributed by atoms with van der Waals surface area (Å²) in [5, 5.41) is 4.65. The second-order valence-electron chi connectivity index (χ2n) is 4.58. The Morgan fingerprint density at radius 3 is 2.76 bits per heavy atom. The molecule has 0 saturated heterocycles. The molecule has 0 bridgehead atoms. The number of rotatable bonds is 5. The van der Waals surface area contributed by atoms with Gasteiger partial charge in [0, 0.05) is 24.8 Å². The van der Waals surface area contributed by atoms with Gasteiger partial charge >= 0.3 is 0 Å². The molecule has 1 heterocycles. The largest absolute Gasteiger partial charge is 0.326 e. The number of nitrogens with one attached hydrogen (secondary N) is 1. The minimum Gasteiger partial charge on any atom is -0.326 e. The summed E-state index contributed by atoms with van der Waals surface area (Å²) in [5.74, 6) is 0. The SMILES string of the molecule is CCc1nn(C)cc1NS(=O)(=O)c1ccc(Cl)c(CN)c1. The predicted molar refractivity (Wildman–Crippen MR) is 82.7 cm³/mol. The second kappa shape index (κ2) is 6.05. The van der Waals surface area contributed by atoms with E-state index >= 15 is 0 Å². The zero-order valence-electron chi connectivity index (χ0n) is 11.8. The molecule has 0 unspecified atom stereocenters. The van der Waals surface area contributed by atoms with Gasteiger partial charge < -0.3 is 5.73 Å². The maximum atomic E-state index is 12.4. The number of aromatic nitrogens is 2. The number of halogens is 1. The van der Waals surface area contributed by atoms with Crippen molar-refractivity contribution in [1.29, 1.82) is 0 Å². The molecule has 0 aliphatic heterocycles. The molecule has 0 aliphatic rings. The highest BCUT2D eigenvalue weighted by atomic mass is 35.5. The summed E-state index contributed by atoms with van der Waals surface area (Å²) in [7, 11) is -1.96. The number of nitrogens with zero attached hydrogens (tertiary/aromatic N) is 2. The standard InChI is InChI=1S/C13H17ClN4O2S/c1-3-12-13(8-18(2)16-12)17-21(19,20)10-4-5-11(14)9(6-10)7-15/h4-6,8,17H,3,7,15H2,1-2H3. The summed E-state index contributed by atoms with van der Waals surface area (Å²) >= 11 is 5.95. The molecule has 6 nitrogen and oxygen atoms in total. The molecule has 0 aliphatic carbocycles. The zero-order chi connectivity index (χ0) is 15.6. The van der Waals surface area contributed by atoms with Crippen LogP contribution in [0.3, 0.4) is 0 Å². The van der Waals surface area contributed by atoms with Crippen molar-refractivity contribution >= 4 is 27.3 Å². The number of anilines is 1. The van der Waals surface area contributed by atoms with Crippen LogP contribution in [0, 0.1) is 0 Å². The highest BCUT2D eigenvalue weighted by Gasteiger charge is 2.18. The van der Waals surface area contributed by atoms with Crippen LogP contribution >= 0.6 is 11.6 Å². The van der Waals surface area contributed by atoms with Crippen molar-refractivity contribution in [2.75, 3.05) is 4.72 Å². The summed E-state index contributed by atoms with van der Waals surface area (Å²) in [6.45, 7) is 2.09. The zero-order valence-corrected chi connectivity index (χ0v) is 13.4. The molecule has 21 heavy (non-hydrogen) atoms. The first-order valence-corrected chi connectivity index (χ1v) is 8.27. The van der Waals surface area contributed by atoms with Crippen LogP contribution < -0.4 is 10.5 Å². The lowest BCUT2D eigenvalue weighted by Gasteiger charge is -2.09. The van der Waals surface area contributed by atoms with E-state index in [2.05, 4.69) is 9.82 Å². The molecule has 2 rings (SSSR count). The maximum Gasteiger partial charge on any atom is 0.262 e. The summed E-state index contributed by atoms with van der Waals surface area (Å²) in [4.78, 5) is 0.123. The number of hydrogen-bond acceptors (Lipinski definition) is 4. The lowest BCUT2D eigenvalue weighted by atomic mass is 10.2. The first-order valence-electron chi connectivity index (χ1n) is 6.41. The van der Waals surface area contributed by atoms with Gasteiger partial charge in [-0.3, -0.25) is 9.40 Å². The Balaban J connectivity index is 2.38. The molecule has 0 spiro atoms. The van der Waals surface area contributed by atoms with Crippen molar-refractivity contribution in [3.63, 3.8) is 0 Å². The molecule has 8 heteroatoms. The molecule has 0 fully saturated rings. The van der Waals surface area contributed by atoms with Gasteiger partial charge in [0.05, 0.1) is 16.3 Å².